The maximum Gasteiger partial charge on any atom is 0.312 e. The molecule has 0 fully saturated rings. The van der Waals surface area contributed by atoms with Gasteiger partial charge in [0.25, 0.3) is 0 Å². The molecular weight excluding hydrogens is 374 g/mol. The van der Waals surface area contributed by atoms with E-state index >= 15 is 0 Å². The fourth-order valence-corrected chi connectivity index (χ4v) is 3.64. The van der Waals surface area contributed by atoms with E-state index in [1.165, 1.54) is 6.07 Å². The zero-order valence-electron chi connectivity index (χ0n) is 12.8. The minimum Gasteiger partial charge on any atom is -0.449 e. The van der Waals surface area contributed by atoms with Crippen LogP contribution in [0, 0.1) is 17.0 Å². The van der Waals surface area contributed by atoms with Crippen molar-refractivity contribution < 1.29 is 14.1 Å². The summed E-state index contributed by atoms with van der Waals surface area (Å²) >= 11 is 3.49. The van der Waals surface area contributed by atoms with Crippen LogP contribution in [0.3, 0.4) is 0 Å². The summed E-state index contributed by atoms with van der Waals surface area (Å²) in [5.41, 5.74) is 3.25. The summed E-state index contributed by atoms with van der Waals surface area (Å²) in [6.45, 7) is 1.95. The molecule has 0 atom stereocenters. The van der Waals surface area contributed by atoms with E-state index in [2.05, 4.69) is 15.9 Å². The van der Waals surface area contributed by atoms with Crippen molar-refractivity contribution >= 4 is 38.4 Å². The predicted molar refractivity (Wildman–Crippen MR) is 93.4 cm³/mol. The van der Waals surface area contributed by atoms with Gasteiger partial charge in [-0.15, -0.1) is 0 Å². The van der Waals surface area contributed by atoms with Crippen molar-refractivity contribution in [3.05, 3.63) is 61.6 Å². The number of fused-ring (bicyclic) bond motifs is 3. The Hall–Kier alpha value is -2.47. The third kappa shape index (κ3) is 2.10. The average molecular weight is 386 g/mol. The van der Waals surface area contributed by atoms with E-state index in [0.717, 1.165) is 21.2 Å². The Balaban J connectivity index is 2.05. The van der Waals surface area contributed by atoms with Crippen LogP contribution in [-0.2, 0) is 6.42 Å². The monoisotopic (exact) mass is 385 g/mol. The first kappa shape index (κ1) is 15.1. The Kier molecular flexibility index (Phi) is 3.31. The second kappa shape index (κ2) is 5.27. The molecule has 1 heterocycles. The maximum atomic E-state index is 12.0. The molecule has 2 aromatic carbocycles. The van der Waals surface area contributed by atoms with Gasteiger partial charge >= 0.3 is 5.69 Å². The van der Waals surface area contributed by atoms with Crippen molar-refractivity contribution in [2.45, 2.75) is 19.8 Å². The van der Waals surface area contributed by atoms with Gasteiger partial charge in [0, 0.05) is 33.5 Å². The molecule has 0 spiro atoms. The summed E-state index contributed by atoms with van der Waals surface area (Å²) in [5.74, 6) is 0.524. The van der Waals surface area contributed by atoms with Crippen LogP contribution in [0.1, 0.15) is 27.9 Å². The smallest absolute Gasteiger partial charge is 0.312 e. The van der Waals surface area contributed by atoms with Crippen LogP contribution in [0.4, 0.5) is 5.69 Å². The second-order valence-electron chi connectivity index (χ2n) is 5.87. The highest BCUT2D eigenvalue weighted by Crippen LogP contribution is 2.41. The van der Waals surface area contributed by atoms with Gasteiger partial charge in [-0.1, -0.05) is 28.1 Å². The summed E-state index contributed by atoms with van der Waals surface area (Å²) in [6, 6.07) is 8.90. The molecule has 5 nitrogen and oxygen atoms in total. The molecule has 0 N–H and O–H groups in total. The van der Waals surface area contributed by atoms with Crippen LogP contribution in [0.25, 0.3) is 22.3 Å². The normalized spacial score (nSPS) is 13.5. The van der Waals surface area contributed by atoms with Crippen LogP contribution in [0.15, 0.2) is 39.2 Å². The van der Waals surface area contributed by atoms with Gasteiger partial charge in [0.15, 0.2) is 5.78 Å². The molecule has 0 radical (unpaired) electrons. The largest absolute Gasteiger partial charge is 0.449 e. The zero-order chi connectivity index (χ0) is 17.0. The van der Waals surface area contributed by atoms with Crippen molar-refractivity contribution in [1.82, 2.24) is 0 Å². The molecule has 1 aliphatic rings. The lowest BCUT2D eigenvalue weighted by atomic mass is 10.0. The number of nitro benzene ring substituents is 1. The van der Waals surface area contributed by atoms with Gasteiger partial charge in [-0.2, -0.15) is 0 Å². The number of rotatable bonds is 2. The molecule has 24 heavy (non-hydrogen) atoms. The van der Waals surface area contributed by atoms with Crippen molar-refractivity contribution in [3.8, 4) is 11.3 Å². The number of nitrogens with zero attached hydrogens (tertiary/aromatic N) is 1. The van der Waals surface area contributed by atoms with Gasteiger partial charge in [0.05, 0.1) is 4.92 Å². The number of non-ortho nitro benzene ring substituents is 1. The standard InChI is InChI=1S/C18H12BrNO4/c1-9-10(3-2-4-14(9)19)17-8-13-11-5-6-16(21)12(11)7-15(20(22)23)18(13)24-17/h2-4,7-8H,5-6H2,1H3. The predicted octanol–water partition coefficient (Wildman–Crippen LogP) is 5.21. The first-order chi connectivity index (χ1) is 11.5. The molecule has 120 valence electrons. The van der Waals surface area contributed by atoms with E-state index in [4.69, 9.17) is 4.42 Å². The third-order valence-corrected chi connectivity index (χ3v) is 5.39. The Bertz CT molecular complexity index is 1040. The molecule has 0 amide bonds. The van der Waals surface area contributed by atoms with Gasteiger partial charge < -0.3 is 4.42 Å². The van der Waals surface area contributed by atoms with Gasteiger partial charge in [0.1, 0.15) is 5.76 Å². The molecule has 1 aliphatic carbocycles. The van der Waals surface area contributed by atoms with Crippen LogP contribution >= 0.6 is 15.9 Å². The van der Waals surface area contributed by atoms with Crippen LogP contribution in [0.5, 0.6) is 0 Å². The number of aryl methyl sites for hydroxylation is 1. The number of Topliss-reactive ketones (excluding diaryl/α,β-unsaturated/α-hetero) is 1. The quantitative estimate of drug-likeness (QED) is 0.448. The highest BCUT2D eigenvalue weighted by Gasteiger charge is 2.30. The Morgan fingerprint density at radius 3 is 2.75 bits per heavy atom. The Morgan fingerprint density at radius 2 is 2.00 bits per heavy atom. The molecule has 1 aromatic heterocycles. The average Bonchev–Trinajstić information content (AvgIpc) is 3.13. The fraction of sp³-hybridized carbons (Fsp3) is 0.167. The van der Waals surface area contributed by atoms with Crippen LogP contribution < -0.4 is 0 Å². The fourth-order valence-electron chi connectivity index (χ4n) is 3.27. The SMILES string of the molecule is Cc1c(Br)cccc1-c1cc2c3c(cc([N+](=O)[O-])c2o1)C(=O)CC3. The first-order valence-electron chi connectivity index (χ1n) is 7.50. The second-order valence-corrected chi connectivity index (χ2v) is 6.72. The van der Waals surface area contributed by atoms with E-state index in [1.807, 2.05) is 31.2 Å². The molecule has 0 aliphatic heterocycles. The minimum atomic E-state index is -0.491. The van der Waals surface area contributed by atoms with Crippen LogP contribution in [-0.4, -0.2) is 10.7 Å². The Morgan fingerprint density at radius 1 is 1.21 bits per heavy atom. The number of furan rings is 1. The maximum absolute atomic E-state index is 12.0. The van der Waals surface area contributed by atoms with Crippen molar-refractivity contribution in [2.75, 3.05) is 0 Å². The van der Waals surface area contributed by atoms with E-state index in [9.17, 15) is 14.9 Å². The molecular formula is C18H12BrNO4. The van der Waals surface area contributed by atoms with Crippen molar-refractivity contribution in [1.29, 1.82) is 0 Å². The summed E-state index contributed by atoms with van der Waals surface area (Å²) < 4.78 is 6.81. The number of ketones is 1. The topological polar surface area (TPSA) is 73.3 Å². The summed E-state index contributed by atoms with van der Waals surface area (Å²) in [7, 11) is 0. The van der Waals surface area contributed by atoms with E-state index in [0.29, 0.717) is 29.6 Å². The summed E-state index contributed by atoms with van der Waals surface area (Å²) in [4.78, 5) is 22.9. The molecule has 0 saturated heterocycles. The zero-order valence-corrected chi connectivity index (χ0v) is 14.3. The number of nitro groups is 1. The van der Waals surface area contributed by atoms with E-state index in [-0.39, 0.29) is 17.1 Å². The van der Waals surface area contributed by atoms with E-state index in [1.54, 1.807) is 0 Å². The number of hydrogen-bond acceptors (Lipinski definition) is 4. The summed E-state index contributed by atoms with van der Waals surface area (Å²) in [5, 5.41) is 12.1. The lowest BCUT2D eigenvalue weighted by molar-refractivity contribution is -0.383. The highest BCUT2D eigenvalue weighted by molar-refractivity contribution is 9.10. The van der Waals surface area contributed by atoms with Gasteiger partial charge in [-0.25, -0.2) is 0 Å². The molecule has 4 rings (SSSR count). The highest BCUT2D eigenvalue weighted by atomic mass is 79.9. The lowest BCUT2D eigenvalue weighted by Gasteiger charge is -2.03. The molecule has 0 unspecified atom stereocenters. The number of benzene rings is 2. The minimum absolute atomic E-state index is 0.0450. The van der Waals surface area contributed by atoms with Gasteiger partial charge in [0.2, 0.25) is 5.58 Å². The molecule has 3 aromatic rings. The molecule has 0 bridgehead atoms. The number of halogens is 1. The number of hydrogen-bond donors (Lipinski definition) is 0. The molecule has 6 heteroatoms. The molecule has 0 saturated carbocycles. The van der Waals surface area contributed by atoms with Crippen molar-refractivity contribution in [3.63, 3.8) is 0 Å². The van der Waals surface area contributed by atoms with Gasteiger partial charge in [-0.05, 0) is 36.6 Å². The van der Waals surface area contributed by atoms with Gasteiger partial charge in [-0.3, -0.25) is 14.9 Å². The van der Waals surface area contributed by atoms with Crippen LogP contribution in [0.2, 0.25) is 0 Å². The lowest BCUT2D eigenvalue weighted by Crippen LogP contribution is -1.95. The summed E-state index contributed by atoms with van der Waals surface area (Å²) in [6.07, 6.45) is 0.987. The first-order valence-corrected chi connectivity index (χ1v) is 8.29. The van der Waals surface area contributed by atoms with E-state index < -0.39 is 4.92 Å². The van der Waals surface area contributed by atoms with Crippen molar-refractivity contribution in [2.24, 2.45) is 0 Å². The third-order valence-electron chi connectivity index (χ3n) is 4.53. The number of carbonyl (C=O) groups excluding carboxylic acids is 1. The Labute approximate surface area is 145 Å². The number of carbonyl (C=O) groups is 1.